The summed E-state index contributed by atoms with van der Waals surface area (Å²) in [4.78, 5) is 7.33. The Labute approximate surface area is 98.8 Å². The number of halogens is 2. The van der Waals surface area contributed by atoms with Gasteiger partial charge in [0, 0.05) is 13.6 Å². The van der Waals surface area contributed by atoms with E-state index >= 15 is 0 Å². The molecule has 1 aromatic heterocycles. The normalized spacial score (nSPS) is 10.6. The average molecular weight is 253 g/mol. The van der Waals surface area contributed by atoms with Crippen LogP contribution >= 0.6 is 34.5 Å². The van der Waals surface area contributed by atoms with E-state index in [4.69, 9.17) is 23.2 Å². The number of anilines is 1. The Morgan fingerprint density at radius 1 is 1.50 bits per heavy atom. The fraction of sp³-hybridized carbons (Fsp3) is 0.667. The molecular weight excluding hydrogens is 239 g/mol. The summed E-state index contributed by atoms with van der Waals surface area (Å²) in [5, 5.41) is 1.50. The van der Waals surface area contributed by atoms with E-state index in [2.05, 4.69) is 16.8 Å². The summed E-state index contributed by atoms with van der Waals surface area (Å²) in [7, 11) is 2.03. The molecule has 0 unspecified atom stereocenters. The SMILES string of the molecule is CCCCN(C)c1nc(Cl)c(CCl)s1. The molecule has 1 rings (SSSR count). The molecule has 0 saturated carbocycles. The van der Waals surface area contributed by atoms with Crippen molar-refractivity contribution in [3.63, 3.8) is 0 Å². The lowest BCUT2D eigenvalue weighted by molar-refractivity contribution is 0.765. The zero-order valence-corrected chi connectivity index (χ0v) is 10.7. The molecule has 0 fully saturated rings. The monoisotopic (exact) mass is 252 g/mol. The molecule has 2 nitrogen and oxygen atoms in total. The van der Waals surface area contributed by atoms with Crippen molar-refractivity contribution in [3.05, 3.63) is 10.0 Å². The molecule has 0 aliphatic rings. The molecule has 0 spiro atoms. The predicted octanol–water partition coefficient (Wildman–Crippen LogP) is 3.77. The van der Waals surface area contributed by atoms with E-state index in [9.17, 15) is 0 Å². The van der Waals surface area contributed by atoms with Crippen molar-refractivity contribution in [2.75, 3.05) is 18.5 Å². The molecule has 0 aliphatic heterocycles. The molecule has 0 amide bonds. The van der Waals surface area contributed by atoms with Crippen LogP contribution in [0, 0.1) is 0 Å². The third kappa shape index (κ3) is 3.01. The van der Waals surface area contributed by atoms with E-state index in [1.54, 1.807) is 11.3 Å². The van der Waals surface area contributed by atoms with E-state index in [0.29, 0.717) is 11.0 Å². The smallest absolute Gasteiger partial charge is 0.186 e. The standard InChI is InChI=1S/C9H14Cl2N2S/c1-3-4-5-13(2)9-12-8(11)7(6-10)14-9/h3-6H2,1-2H3. The van der Waals surface area contributed by atoms with Crippen molar-refractivity contribution < 1.29 is 0 Å². The highest BCUT2D eigenvalue weighted by molar-refractivity contribution is 7.16. The second kappa shape index (κ2) is 5.79. The van der Waals surface area contributed by atoms with Crippen LogP contribution in [0.2, 0.25) is 5.15 Å². The Bertz CT molecular complexity index is 288. The molecular formula is C9H14Cl2N2S. The van der Waals surface area contributed by atoms with E-state index in [0.717, 1.165) is 16.6 Å². The number of rotatable bonds is 5. The van der Waals surface area contributed by atoms with Crippen LogP contribution in [0.5, 0.6) is 0 Å². The van der Waals surface area contributed by atoms with E-state index < -0.39 is 0 Å². The van der Waals surface area contributed by atoms with Crippen LogP contribution in [-0.2, 0) is 5.88 Å². The first-order valence-corrected chi connectivity index (χ1v) is 6.34. The number of aromatic nitrogens is 1. The van der Waals surface area contributed by atoms with Crippen LogP contribution in [0.15, 0.2) is 0 Å². The van der Waals surface area contributed by atoms with Gasteiger partial charge in [0.2, 0.25) is 0 Å². The average Bonchev–Trinajstić information content (AvgIpc) is 2.56. The zero-order chi connectivity index (χ0) is 10.6. The van der Waals surface area contributed by atoms with Gasteiger partial charge in [-0.25, -0.2) is 4.98 Å². The topological polar surface area (TPSA) is 16.1 Å². The minimum absolute atomic E-state index is 0.443. The van der Waals surface area contributed by atoms with Crippen LogP contribution in [0.4, 0.5) is 5.13 Å². The van der Waals surface area contributed by atoms with Crippen molar-refractivity contribution in [2.45, 2.75) is 25.6 Å². The fourth-order valence-corrected chi connectivity index (χ4v) is 2.52. The molecule has 5 heteroatoms. The molecule has 1 heterocycles. The van der Waals surface area contributed by atoms with Gasteiger partial charge in [-0.3, -0.25) is 0 Å². The summed E-state index contributed by atoms with van der Waals surface area (Å²) >= 11 is 13.2. The predicted molar refractivity (Wildman–Crippen MR) is 64.9 cm³/mol. The summed E-state index contributed by atoms with van der Waals surface area (Å²) in [5.74, 6) is 0.443. The summed E-state index contributed by atoms with van der Waals surface area (Å²) in [6.07, 6.45) is 2.36. The van der Waals surface area contributed by atoms with Gasteiger partial charge in [-0.15, -0.1) is 11.6 Å². The Morgan fingerprint density at radius 3 is 2.71 bits per heavy atom. The van der Waals surface area contributed by atoms with Crippen LogP contribution in [0.3, 0.4) is 0 Å². The number of hydrogen-bond donors (Lipinski definition) is 0. The van der Waals surface area contributed by atoms with Crippen molar-refractivity contribution in [1.29, 1.82) is 0 Å². The molecule has 0 aromatic carbocycles. The van der Waals surface area contributed by atoms with Gasteiger partial charge in [-0.2, -0.15) is 0 Å². The van der Waals surface area contributed by atoms with Gasteiger partial charge in [-0.05, 0) is 6.42 Å². The largest absolute Gasteiger partial charge is 0.351 e. The van der Waals surface area contributed by atoms with Crippen LogP contribution in [0.1, 0.15) is 24.6 Å². The van der Waals surface area contributed by atoms with Gasteiger partial charge >= 0.3 is 0 Å². The number of unbranched alkanes of at least 4 members (excludes halogenated alkanes) is 1. The van der Waals surface area contributed by atoms with Gasteiger partial charge in [-0.1, -0.05) is 36.3 Å². The number of thiazole rings is 1. The Balaban J connectivity index is 2.65. The highest BCUT2D eigenvalue weighted by Crippen LogP contribution is 2.30. The quantitative estimate of drug-likeness (QED) is 0.742. The summed E-state index contributed by atoms with van der Waals surface area (Å²) in [6, 6.07) is 0. The fourth-order valence-electron chi connectivity index (χ4n) is 1.06. The van der Waals surface area contributed by atoms with Gasteiger partial charge in [0.15, 0.2) is 5.13 Å². The first kappa shape index (κ1) is 12.1. The minimum Gasteiger partial charge on any atom is -0.351 e. The Morgan fingerprint density at radius 2 is 2.21 bits per heavy atom. The maximum atomic E-state index is 5.91. The minimum atomic E-state index is 0.443. The van der Waals surface area contributed by atoms with Crippen molar-refractivity contribution in [2.24, 2.45) is 0 Å². The van der Waals surface area contributed by atoms with Crippen LogP contribution < -0.4 is 4.90 Å². The molecule has 0 aliphatic carbocycles. The van der Waals surface area contributed by atoms with E-state index in [1.165, 1.54) is 12.8 Å². The lowest BCUT2D eigenvalue weighted by Gasteiger charge is -2.14. The van der Waals surface area contributed by atoms with Gasteiger partial charge in [0.05, 0.1) is 10.8 Å². The number of hydrogen-bond acceptors (Lipinski definition) is 3. The maximum Gasteiger partial charge on any atom is 0.186 e. The molecule has 0 bridgehead atoms. The van der Waals surface area contributed by atoms with Crippen LogP contribution in [0.25, 0.3) is 0 Å². The maximum absolute atomic E-state index is 5.91. The van der Waals surface area contributed by atoms with Crippen molar-refractivity contribution >= 4 is 39.7 Å². The van der Waals surface area contributed by atoms with Gasteiger partial charge in [0.25, 0.3) is 0 Å². The first-order chi connectivity index (χ1) is 6.69. The molecule has 0 radical (unpaired) electrons. The third-order valence-electron chi connectivity index (χ3n) is 1.93. The summed E-state index contributed by atoms with van der Waals surface area (Å²) in [6.45, 7) is 3.19. The lowest BCUT2D eigenvalue weighted by Crippen LogP contribution is -2.17. The molecule has 0 N–H and O–H groups in total. The molecule has 14 heavy (non-hydrogen) atoms. The Kier molecular flexibility index (Phi) is 4.99. The summed E-state index contributed by atoms with van der Waals surface area (Å²) < 4.78 is 0. The second-order valence-electron chi connectivity index (χ2n) is 3.12. The molecule has 80 valence electrons. The second-order valence-corrected chi connectivity index (χ2v) is 4.81. The van der Waals surface area contributed by atoms with Crippen LogP contribution in [-0.4, -0.2) is 18.6 Å². The van der Waals surface area contributed by atoms with E-state index in [1.807, 2.05) is 7.05 Å². The number of alkyl halides is 1. The molecule has 1 aromatic rings. The third-order valence-corrected chi connectivity index (χ3v) is 3.95. The first-order valence-electron chi connectivity index (χ1n) is 4.61. The lowest BCUT2D eigenvalue weighted by atomic mass is 10.3. The number of nitrogens with zero attached hydrogens (tertiary/aromatic N) is 2. The summed E-state index contributed by atoms with van der Waals surface area (Å²) in [5.41, 5.74) is 0. The Hall–Kier alpha value is 0.01000. The zero-order valence-electron chi connectivity index (χ0n) is 8.39. The van der Waals surface area contributed by atoms with Crippen molar-refractivity contribution in [3.8, 4) is 0 Å². The van der Waals surface area contributed by atoms with Crippen molar-refractivity contribution in [1.82, 2.24) is 4.98 Å². The molecule has 0 saturated heterocycles. The van der Waals surface area contributed by atoms with Gasteiger partial charge < -0.3 is 4.90 Å². The molecule has 0 atom stereocenters. The van der Waals surface area contributed by atoms with Gasteiger partial charge in [0.1, 0.15) is 5.15 Å². The van der Waals surface area contributed by atoms with E-state index in [-0.39, 0.29) is 0 Å². The highest BCUT2D eigenvalue weighted by Gasteiger charge is 2.10. The highest BCUT2D eigenvalue weighted by atomic mass is 35.5.